The summed E-state index contributed by atoms with van der Waals surface area (Å²) in [4.78, 5) is 44.6. The summed E-state index contributed by atoms with van der Waals surface area (Å²) in [5.41, 5.74) is 0.916. The van der Waals surface area contributed by atoms with Crippen LogP contribution in [0.4, 0.5) is 4.79 Å². The van der Waals surface area contributed by atoms with Crippen LogP contribution in [-0.4, -0.2) is 78.6 Å². The third-order valence-electron chi connectivity index (χ3n) is 8.02. The highest BCUT2D eigenvalue weighted by molar-refractivity contribution is 6.03. The highest BCUT2D eigenvalue weighted by atomic mass is 16.5. The molecule has 210 valence electrons. The van der Waals surface area contributed by atoms with Crippen LogP contribution < -0.4 is 5.32 Å². The van der Waals surface area contributed by atoms with E-state index in [0.717, 1.165) is 47.5 Å². The predicted octanol–water partition coefficient (Wildman–Crippen LogP) is 4.78. The Labute approximate surface area is 226 Å². The van der Waals surface area contributed by atoms with Crippen molar-refractivity contribution < 1.29 is 23.5 Å². The molecule has 1 aromatic carbocycles. The summed E-state index contributed by atoms with van der Waals surface area (Å²) in [7, 11) is 1.75. The number of benzene rings is 1. The summed E-state index contributed by atoms with van der Waals surface area (Å²) in [5, 5.41) is 4.01. The van der Waals surface area contributed by atoms with Gasteiger partial charge in [-0.1, -0.05) is 47.1 Å². The monoisotopic (exact) mass is 528 g/mol. The summed E-state index contributed by atoms with van der Waals surface area (Å²) in [6.45, 7) is 13.1. The van der Waals surface area contributed by atoms with E-state index in [1.165, 1.54) is 0 Å². The van der Waals surface area contributed by atoms with Gasteiger partial charge in [-0.3, -0.25) is 9.59 Å². The van der Waals surface area contributed by atoms with E-state index < -0.39 is 17.7 Å². The van der Waals surface area contributed by atoms with Crippen molar-refractivity contribution in [2.75, 3.05) is 39.8 Å². The molecule has 0 radical (unpaired) electrons. The lowest BCUT2D eigenvalue weighted by Gasteiger charge is -2.53. The number of carbonyl (C=O) groups excluding carboxylic acids is 3. The SMILES string of the molecule is CCCC(NC(=O)N1C(=O)C(CC)(CC)C1OCC(=O)N(C)CCN(CC)CC)c1ccc2occc2c1. The van der Waals surface area contributed by atoms with Gasteiger partial charge in [0, 0.05) is 25.5 Å². The van der Waals surface area contributed by atoms with Gasteiger partial charge in [0.25, 0.3) is 0 Å². The minimum atomic E-state index is -0.812. The highest BCUT2D eigenvalue weighted by Crippen LogP contribution is 2.46. The first-order valence-corrected chi connectivity index (χ1v) is 13.9. The number of likely N-dealkylation sites (tertiary alicyclic amines) is 1. The number of ether oxygens (including phenoxy) is 1. The number of hydrogen-bond acceptors (Lipinski definition) is 6. The van der Waals surface area contributed by atoms with Gasteiger partial charge in [0.15, 0.2) is 6.23 Å². The maximum Gasteiger partial charge on any atom is 0.326 e. The van der Waals surface area contributed by atoms with Gasteiger partial charge in [0.2, 0.25) is 11.8 Å². The summed E-state index contributed by atoms with van der Waals surface area (Å²) < 4.78 is 11.5. The van der Waals surface area contributed by atoms with Crippen LogP contribution in [0.2, 0.25) is 0 Å². The molecule has 2 heterocycles. The maximum atomic E-state index is 13.5. The van der Waals surface area contributed by atoms with Crippen LogP contribution in [-0.2, 0) is 14.3 Å². The topological polar surface area (TPSA) is 95.3 Å². The quantitative estimate of drug-likeness (QED) is 0.355. The molecular weight excluding hydrogens is 484 g/mol. The van der Waals surface area contributed by atoms with E-state index in [2.05, 4.69) is 31.0 Å². The van der Waals surface area contributed by atoms with Crippen molar-refractivity contribution in [3.8, 4) is 0 Å². The molecule has 38 heavy (non-hydrogen) atoms. The van der Waals surface area contributed by atoms with Gasteiger partial charge in [-0.05, 0) is 56.1 Å². The Balaban J connectivity index is 1.71. The van der Waals surface area contributed by atoms with E-state index in [0.29, 0.717) is 25.8 Å². The molecule has 1 aromatic heterocycles. The number of likely N-dealkylation sites (N-methyl/N-ethyl adjacent to an activating group) is 2. The molecule has 1 aliphatic rings. The normalized spacial score (nSPS) is 17.5. The van der Waals surface area contributed by atoms with Crippen molar-refractivity contribution in [2.45, 2.75) is 72.6 Å². The Kier molecular flexibility index (Phi) is 10.3. The largest absolute Gasteiger partial charge is 0.464 e. The average molecular weight is 529 g/mol. The zero-order chi connectivity index (χ0) is 27.9. The number of nitrogens with zero attached hydrogens (tertiary/aromatic N) is 3. The van der Waals surface area contributed by atoms with Crippen molar-refractivity contribution in [1.29, 1.82) is 0 Å². The molecule has 1 N–H and O–H groups in total. The number of amides is 4. The first kappa shape index (κ1) is 29.6. The van der Waals surface area contributed by atoms with Crippen LogP contribution in [0, 0.1) is 5.41 Å². The van der Waals surface area contributed by atoms with Gasteiger partial charge >= 0.3 is 6.03 Å². The Morgan fingerprint density at radius 2 is 1.82 bits per heavy atom. The maximum absolute atomic E-state index is 13.5. The summed E-state index contributed by atoms with van der Waals surface area (Å²) in [6, 6.07) is 6.95. The minimum Gasteiger partial charge on any atom is -0.464 e. The number of imide groups is 1. The Bertz CT molecular complexity index is 1090. The molecule has 1 aliphatic heterocycles. The van der Waals surface area contributed by atoms with Crippen LogP contribution in [0.5, 0.6) is 0 Å². The molecule has 9 nitrogen and oxygen atoms in total. The summed E-state index contributed by atoms with van der Waals surface area (Å²) in [6.07, 6.45) is 3.47. The number of β-lactam (4-membered cyclic amide) rings is 1. The lowest BCUT2D eigenvalue weighted by Crippen LogP contribution is -2.72. The van der Waals surface area contributed by atoms with Crippen LogP contribution in [0.25, 0.3) is 11.0 Å². The Morgan fingerprint density at radius 3 is 2.45 bits per heavy atom. The number of nitrogens with one attached hydrogen (secondary N) is 1. The zero-order valence-corrected chi connectivity index (χ0v) is 23.8. The van der Waals surface area contributed by atoms with Crippen molar-refractivity contribution in [2.24, 2.45) is 5.41 Å². The number of furan rings is 1. The van der Waals surface area contributed by atoms with Gasteiger partial charge in [-0.25, -0.2) is 9.69 Å². The minimum absolute atomic E-state index is 0.171. The third kappa shape index (κ3) is 6.04. The fourth-order valence-corrected chi connectivity index (χ4v) is 5.22. The Hall–Kier alpha value is -2.91. The lowest BCUT2D eigenvalue weighted by atomic mass is 9.72. The molecule has 4 amide bonds. The molecule has 9 heteroatoms. The second-order valence-corrected chi connectivity index (χ2v) is 10.1. The van der Waals surface area contributed by atoms with Gasteiger partial charge in [0.05, 0.1) is 17.7 Å². The van der Waals surface area contributed by atoms with Gasteiger partial charge in [-0.2, -0.15) is 0 Å². The molecule has 1 fully saturated rings. The second kappa shape index (κ2) is 13.2. The third-order valence-corrected chi connectivity index (χ3v) is 8.02. The van der Waals surface area contributed by atoms with Crippen molar-refractivity contribution >= 4 is 28.8 Å². The number of urea groups is 1. The molecule has 2 unspecified atom stereocenters. The van der Waals surface area contributed by atoms with E-state index in [1.54, 1.807) is 18.2 Å². The van der Waals surface area contributed by atoms with Crippen LogP contribution in [0.15, 0.2) is 34.9 Å². The molecule has 0 spiro atoms. The standard InChI is InChI=1S/C29H44N4O5/c1-7-12-23(21-13-14-24-22(19-21)15-18-37-24)30-28(36)33-26(35)29(8-2,9-3)27(33)38-20-25(34)31(6)16-17-32(10-4)11-5/h13-15,18-19,23,27H,7-12,16-17,20H2,1-6H3,(H,30,36). The summed E-state index contributed by atoms with van der Waals surface area (Å²) >= 11 is 0. The van der Waals surface area contributed by atoms with Crippen LogP contribution in [0.1, 0.15) is 71.9 Å². The smallest absolute Gasteiger partial charge is 0.326 e. The van der Waals surface area contributed by atoms with E-state index in [1.807, 2.05) is 38.1 Å². The molecule has 2 atom stereocenters. The van der Waals surface area contributed by atoms with E-state index in [9.17, 15) is 14.4 Å². The zero-order valence-electron chi connectivity index (χ0n) is 23.8. The molecule has 0 saturated carbocycles. The van der Waals surface area contributed by atoms with Crippen LogP contribution in [0.3, 0.4) is 0 Å². The van der Waals surface area contributed by atoms with E-state index >= 15 is 0 Å². The van der Waals surface area contributed by atoms with Crippen molar-refractivity contribution in [1.82, 2.24) is 20.0 Å². The van der Waals surface area contributed by atoms with Crippen molar-refractivity contribution in [3.05, 3.63) is 36.1 Å². The summed E-state index contributed by atoms with van der Waals surface area (Å²) in [5.74, 6) is -0.428. The fraction of sp³-hybridized carbons (Fsp3) is 0.621. The average Bonchev–Trinajstić information content (AvgIpc) is 3.39. The fourth-order valence-electron chi connectivity index (χ4n) is 5.22. The lowest BCUT2D eigenvalue weighted by molar-refractivity contribution is -0.211. The number of carbonyl (C=O) groups is 3. The van der Waals surface area contributed by atoms with E-state index in [-0.39, 0.29) is 24.5 Å². The van der Waals surface area contributed by atoms with Crippen LogP contribution >= 0.6 is 0 Å². The predicted molar refractivity (Wildman–Crippen MR) is 147 cm³/mol. The molecule has 3 rings (SSSR count). The molecule has 2 aromatic rings. The first-order chi connectivity index (χ1) is 18.3. The van der Waals surface area contributed by atoms with Crippen molar-refractivity contribution in [3.63, 3.8) is 0 Å². The molecular formula is C29H44N4O5. The van der Waals surface area contributed by atoms with E-state index in [4.69, 9.17) is 9.15 Å². The second-order valence-electron chi connectivity index (χ2n) is 10.1. The molecule has 1 saturated heterocycles. The van der Waals surface area contributed by atoms with Gasteiger partial charge in [0.1, 0.15) is 12.2 Å². The number of fused-ring (bicyclic) bond motifs is 1. The van der Waals surface area contributed by atoms with Gasteiger partial charge in [-0.15, -0.1) is 0 Å². The first-order valence-electron chi connectivity index (χ1n) is 13.9. The van der Waals surface area contributed by atoms with Gasteiger partial charge < -0.3 is 24.3 Å². The molecule has 0 aliphatic carbocycles. The Morgan fingerprint density at radius 1 is 1.11 bits per heavy atom. The highest BCUT2D eigenvalue weighted by Gasteiger charge is 2.62. The number of rotatable bonds is 14. The number of hydrogen-bond donors (Lipinski definition) is 1. The molecule has 0 bridgehead atoms.